The molecule has 1 fully saturated rings. The summed E-state index contributed by atoms with van der Waals surface area (Å²) in [6, 6.07) is 26.9. The van der Waals surface area contributed by atoms with Crippen LogP contribution in [-0.4, -0.2) is 36.6 Å². The number of nitrogens with one attached hydrogen (secondary N) is 2. The van der Waals surface area contributed by atoms with Crippen molar-refractivity contribution in [3.63, 3.8) is 0 Å². The number of anilines is 1. The third-order valence-corrected chi connectivity index (χ3v) is 7.12. The van der Waals surface area contributed by atoms with E-state index in [1.807, 2.05) is 30.3 Å². The molecule has 2 aromatic carbocycles. The topological polar surface area (TPSA) is 70.4 Å². The Kier molecular flexibility index (Phi) is 8.28. The van der Waals surface area contributed by atoms with E-state index in [2.05, 4.69) is 69.0 Å². The van der Waals surface area contributed by atoms with Crippen molar-refractivity contribution in [1.29, 1.82) is 0 Å². The summed E-state index contributed by atoms with van der Waals surface area (Å²) in [5, 5.41) is 6.74. The molecule has 1 saturated heterocycles. The summed E-state index contributed by atoms with van der Waals surface area (Å²) in [5.74, 6) is 1.22. The number of furan rings is 1. The Hall–Kier alpha value is -3.90. The molecule has 0 saturated carbocycles. The number of aromatic nitrogens is 1. The molecule has 1 amide bonds. The van der Waals surface area contributed by atoms with Gasteiger partial charge in [-0.3, -0.25) is 9.78 Å². The van der Waals surface area contributed by atoms with E-state index in [-0.39, 0.29) is 11.8 Å². The largest absolute Gasteiger partial charge is 0.469 e. The Bertz CT molecular complexity index is 1220. The molecule has 3 heterocycles. The molecule has 2 aromatic heterocycles. The van der Waals surface area contributed by atoms with Gasteiger partial charge in [-0.05, 0) is 79.4 Å². The van der Waals surface area contributed by atoms with Gasteiger partial charge in [0.25, 0.3) is 5.91 Å². The second-order valence-electron chi connectivity index (χ2n) is 9.57. The molecule has 0 radical (unpaired) electrons. The Morgan fingerprint density at radius 1 is 0.973 bits per heavy atom. The van der Waals surface area contributed by atoms with E-state index < -0.39 is 0 Å². The maximum absolute atomic E-state index is 12.5. The molecule has 6 nitrogen and oxygen atoms in total. The smallest absolute Gasteiger partial charge is 0.251 e. The van der Waals surface area contributed by atoms with Crippen molar-refractivity contribution in [3.8, 4) is 0 Å². The van der Waals surface area contributed by atoms with Crippen molar-refractivity contribution >= 4 is 11.6 Å². The van der Waals surface area contributed by atoms with Gasteiger partial charge in [-0.25, -0.2) is 0 Å². The van der Waals surface area contributed by atoms with Crippen LogP contribution in [0.15, 0.2) is 102 Å². The van der Waals surface area contributed by atoms with Gasteiger partial charge < -0.3 is 20.0 Å². The van der Waals surface area contributed by atoms with Gasteiger partial charge in [0.15, 0.2) is 0 Å². The van der Waals surface area contributed by atoms with E-state index in [1.54, 1.807) is 18.7 Å². The fourth-order valence-corrected chi connectivity index (χ4v) is 5.03. The van der Waals surface area contributed by atoms with E-state index in [9.17, 15) is 4.79 Å². The van der Waals surface area contributed by atoms with Gasteiger partial charge in [-0.1, -0.05) is 36.4 Å². The number of hydrogen-bond donors (Lipinski definition) is 2. The Morgan fingerprint density at radius 2 is 1.78 bits per heavy atom. The van der Waals surface area contributed by atoms with Gasteiger partial charge in [0.2, 0.25) is 0 Å². The number of nitrogens with zero attached hydrogens (tertiary/aromatic N) is 2. The van der Waals surface area contributed by atoms with E-state index >= 15 is 0 Å². The number of pyridine rings is 1. The van der Waals surface area contributed by atoms with E-state index in [4.69, 9.17) is 4.42 Å². The lowest BCUT2D eigenvalue weighted by molar-refractivity contribution is 0.0951. The maximum Gasteiger partial charge on any atom is 0.251 e. The monoisotopic (exact) mass is 494 g/mol. The Morgan fingerprint density at radius 3 is 2.49 bits per heavy atom. The summed E-state index contributed by atoms with van der Waals surface area (Å²) >= 11 is 0. The first-order valence-electron chi connectivity index (χ1n) is 13.1. The summed E-state index contributed by atoms with van der Waals surface area (Å²) < 4.78 is 5.75. The molecule has 190 valence electrons. The highest BCUT2D eigenvalue weighted by molar-refractivity contribution is 5.94. The lowest BCUT2D eigenvalue weighted by atomic mass is 9.93. The first kappa shape index (κ1) is 24.8. The van der Waals surface area contributed by atoms with Gasteiger partial charge in [0, 0.05) is 55.2 Å². The average molecular weight is 495 g/mol. The van der Waals surface area contributed by atoms with E-state index in [1.165, 1.54) is 11.3 Å². The van der Waals surface area contributed by atoms with Crippen LogP contribution in [0.3, 0.4) is 0 Å². The highest BCUT2D eigenvalue weighted by Gasteiger charge is 2.21. The van der Waals surface area contributed by atoms with Crippen LogP contribution in [-0.2, 0) is 6.54 Å². The van der Waals surface area contributed by atoms with Gasteiger partial charge in [0.05, 0.1) is 6.26 Å². The molecule has 0 unspecified atom stereocenters. The maximum atomic E-state index is 12.5. The van der Waals surface area contributed by atoms with Gasteiger partial charge in [0.1, 0.15) is 5.76 Å². The van der Waals surface area contributed by atoms with Crippen molar-refractivity contribution in [2.45, 2.75) is 37.8 Å². The van der Waals surface area contributed by atoms with Crippen LogP contribution in [0.1, 0.15) is 52.4 Å². The number of rotatable bonds is 10. The van der Waals surface area contributed by atoms with E-state index in [0.29, 0.717) is 18.2 Å². The first-order chi connectivity index (χ1) is 18.3. The molecule has 4 aromatic rings. The lowest BCUT2D eigenvalue weighted by Gasteiger charge is -2.34. The zero-order valence-electron chi connectivity index (χ0n) is 21.1. The molecule has 2 N–H and O–H groups in total. The molecule has 0 bridgehead atoms. The summed E-state index contributed by atoms with van der Waals surface area (Å²) in [6.45, 7) is 3.44. The van der Waals surface area contributed by atoms with Crippen LogP contribution in [0.5, 0.6) is 0 Å². The predicted molar refractivity (Wildman–Crippen MR) is 147 cm³/mol. The quantitative estimate of drug-likeness (QED) is 0.310. The van der Waals surface area contributed by atoms with Crippen molar-refractivity contribution < 1.29 is 9.21 Å². The third kappa shape index (κ3) is 6.66. The predicted octanol–water partition coefficient (Wildman–Crippen LogP) is 5.39. The standard InChI is InChI=1S/C31H34N4O2/c36-31(34-23-24-6-4-17-32-22-24)26-10-12-28(13-11-26)35-19-15-27(16-20-35)33-18-14-29(30-9-5-21-37-30)25-7-2-1-3-8-25/h1-13,17,21-22,27,29,33H,14-16,18-20,23H2,(H,34,36)/t29-/m1/s1. The fraction of sp³-hybridized carbons (Fsp3) is 0.290. The zero-order chi connectivity index (χ0) is 25.3. The van der Waals surface area contributed by atoms with Crippen LogP contribution in [0.2, 0.25) is 0 Å². The lowest BCUT2D eigenvalue weighted by Crippen LogP contribution is -2.43. The van der Waals surface area contributed by atoms with Crippen LogP contribution in [0, 0.1) is 0 Å². The Balaban J connectivity index is 1.07. The van der Waals surface area contributed by atoms with Crippen molar-refractivity contribution in [2.24, 2.45) is 0 Å². The van der Waals surface area contributed by atoms with Crippen molar-refractivity contribution in [3.05, 3.63) is 120 Å². The third-order valence-electron chi connectivity index (χ3n) is 7.12. The molecule has 5 rings (SSSR count). The van der Waals surface area contributed by atoms with Crippen LogP contribution < -0.4 is 15.5 Å². The summed E-state index contributed by atoms with van der Waals surface area (Å²) in [5.41, 5.74) is 4.13. The highest BCUT2D eigenvalue weighted by atomic mass is 16.3. The molecular weight excluding hydrogens is 460 g/mol. The number of carbonyl (C=O) groups is 1. The number of amides is 1. The minimum atomic E-state index is -0.0679. The molecule has 1 atom stereocenters. The van der Waals surface area contributed by atoms with Gasteiger partial charge in [-0.15, -0.1) is 0 Å². The van der Waals surface area contributed by atoms with Gasteiger partial charge in [-0.2, -0.15) is 0 Å². The zero-order valence-corrected chi connectivity index (χ0v) is 21.1. The summed E-state index contributed by atoms with van der Waals surface area (Å²) in [4.78, 5) is 19.0. The molecule has 0 aliphatic carbocycles. The van der Waals surface area contributed by atoms with Crippen LogP contribution in [0.25, 0.3) is 0 Å². The van der Waals surface area contributed by atoms with Crippen molar-refractivity contribution in [2.75, 3.05) is 24.5 Å². The first-order valence-corrected chi connectivity index (χ1v) is 13.1. The van der Waals surface area contributed by atoms with Gasteiger partial charge >= 0.3 is 0 Å². The Labute approximate surface area is 218 Å². The SMILES string of the molecule is O=C(NCc1cccnc1)c1ccc(N2CCC(NCC[C@H](c3ccccc3)c3ccco3)CC2)cc1. The number of hydrogen-bond acceptors (Lipinski definition) is 5. The summed E-state index contributed by atoms with van der Waals surface area (Å²) in [6.07, 6.45) is 8.46. The number of benzene rings is 2. The second kappa shape index (κ2) is 12.4. The van der Waals surface area contributed by atoms with E-state index in [0.717, 1.165) is 50.2 Å². The molecular formula is C31H34N4O2. The second-order valence-corrected chi connectivity index (χ2v) is 9.57. The van der Waals surface area contributed by atoms with Crippen molar-refractivity contribution in [1.82, 2.24) is 15.6 Å². The minimum absolute atomic E-state index is 0.0679. The van der Waals surface area contributed by atoms with Crippen LogP contribution in [0.4, 0.5) is 5.69 Å². The fourth-order valence-electron chi connectivity index (χ4n) is 5.03. The molecule has 37 heavy (non-hydrogen) atoms. The minimum Gasteiger partial charge on any atom is -0.469 e. The highest BCUT2D eigenvalue weighted by Crippen LogP contribution is 2.28. The number of carbonyl (C=O) groups excluding carboxylic acids is 1. The average Bonchev–Trinajstić information content (AvgIpc) is 3.50. The molecule has 1 aliphatic heterocycles. The summed E-state index contributed by atoms with van der Waals surface area (Å²) in [7, 11) is 0. The molecule has 6 heteroatoms. The van der Waals surface area contributed by atoms with Crippen LogP contribution >= 0.6 is 0 Å². The molecule has 1 aliphatic rings. The number of piperidine rings is 1. The molecule has 0 spiro atoms. The normalized spacial score (nSPS) is 14.9.